The van der Waals surface area contributed by atoms with Gasteiger partial charge in [-0.3, -0.25) is 4.98 Å². The molecule has 94 valence electrons. The summed E-state index contributed by atoms with van der Waals surface area (Å²) in [6.45, 7) is 4.46. The lowest BCUT2D eigenvalue weighted by atomic mass is 9.93. The third kappa shape index (κ3) is 4.10. The number of piperidine rings is 1. The van der Waals surface area contributed by atoms with Crippen molar-refractivity contribution in [3.8, 4) is 0 Å². The molecule has 0 amide bonds. The molecule has 1 fully saturated rings. The molecule has 3 heteroatoms. The van der Waals surface area contributed by atoms with Crippen molar-refractivity contribution in [2.75, 3.05) is 26.2 Å². The molecule has 0 spiro atoms. The predicted molar refractivity (Wildman–Crippen MR) is 70.8 cm³/mol. The monoisotopic (exact) mass is 233 g/mol. The molecule has 0 aromatic carbocycles. The quantitative estimate of drug-likeness (QED) is 0.841. The molecule has 1 aromatic heterocycles. The smallest absolute Gasteiger partial charge is 0.0416 e. The predicted octanol–water partition coefficient (Wildman–Crippen LogP) is 1.68. The van der Waals surface area contributed by atoms with Crippen molar-refractivity contribution in [3.05, 3.63) is 30.1 Å². The zero-order valence-corrected chi connectivity index (χ0v) is 10.5. The van der Waals surface area contributed by atoms with Gasteiger partial charge < -0.3 is 10.6 Å². The summed E-state index contributed by atoms with van der Waals surface area (Å²) in [6, 6.07) is 6.15. The van der Waals surface area contributed by atoms with Crippen LogP contribution >= 0.6 is 0 Å². The third-order valence-corrected chi connectivity index (χ3v) is 3.69. The van der Waals surface area contributed by atoms with E-state index in [-0.39, 0.29) is 0 Å². The maximum Gasteiger partial charge on any atom is 0.0416 e. The topological polar surface area (TPSA) is 42.1 Å². The highest BCUT2D eigenvalue weighted by atomic mass is 15.1. The summed E-state index contributed by atoms with van der Waals surface area (Å²) in [7, 11) is 0. The minimum Gasteiger partial charge on any atom is -0.330 e. The number of nitrogens with zero attached hydrogens (tertiary/aromatic N) is 2. The lowest BCUT2D eigenvalue weighted by Crippen LogP contribution is -2.35. The molecule has 1 aliphatic rings. The SMILES string of the molecule is NCCC1CCN(CCc2ccccn2)CC1. The van der Waals surface area contributed by atoms with Gasteiger partial charge in [-0.25, -0.2) is 0 Å². The van der Waals surface area contributed by atoms with Crippen molar-refractivity contribution in [2.24, 2.45) is 11.7 Å². The fourth-order valence-electron chi connectivity index (χ4n) is 2.55. The molecule has 2 rings (SSSR count). The van der Waals surface area contributed by atoms with Crippen molar-refractivity contribution < 1.29 is 0 Å². The van der Waals surface area contributed by atoms with E-state index in [1.807, 2.05) is 12.3 Å². The van der Waals surface area contributed by atoms with E-state index in [0.717, 1.165) is 25.4 Å². The standard InChI is InChI=1S/C14H23N3/c15-8-4-13-5-10-17(11-6-13)12-7-14-3-1-2-9-16-14/h1-3,9,13H,4-8,10-12,15H2. The minimum absolute atomic E-state index is 0.846. The van der Waals surface area contributed by atoms with Crippen LogP contribution in [0, 0.1) is 5.92 Å². The number of rotatable bonds is 5. The Bertz CT molecular complexity index is 305. The number of hydrogen-bond acceptors (Lipinski definition) is 3. The molecule has 17 heavy (non-hydrogen) atoms. The maximum absolute atomic E-state index is 5.61. The highest BCUT2D eigenvalue weighted by Gasteiger charge is 2.17. The minimum atomic E-state index is 0.846. The van der Waals surface area contributed by atoms with Gasteiger partial charge in [0.05, 0.1) is 0 Å². The van der Waals surface area contributed by atoms with Crippen LogP contribution in [0.5, 0.6) is 0 Å². The lowest BCUT2D eigenvalue weighted by molar-refractivity contribution is 0.182. The van der Waals surface area contributed by atoms with Crippen LogP contribution in [0.25, 0.3) is 0 Å². The van der Waals surface area contributed by atoms with E-state index in [1.165, 1.54) is 38.0 Å². The van der Waals surface area contributed by atoms with E-state index >= 15 is 0 Å². The Hall–Kier alpha value is -0.930. The van der Waals surface area contributed by atoms with Gasteiger partial charge in [0.1, 0.15) is 0 Å². The summed E-state index contributed by atoms with van der Waals surface area (Å²) in [6.07, 6.45) is 6.79. The molecule has 0 aliphatic carbocycles. The third-order valence-electron chi connectivity index (χ3n) is 3.69. The second kappa shape index (κ2) is 6.72. The van der Waals surface area contributed by atoms with Crippen molar-refractivity contribution in [2.45, 2.75) is 25.7 Å². The van der Waals surface area contributed by atoms with E-state index in [2.05, 4.69) is 22.0 Å². The summed E-state index contributed by atoms with van der Waals surface area (Å²) < 4.78 is 0. The van der Waals surface area contributed by atoms with Crippen LogP contribution in [0.3, 0.4) is 0 Å². The Labute approximate surface area is 104 Å². The summed E-state index contributed by atoms with van der Waals surface area (Å²) in [5.74, 6) is 0.867. The summed E-state index contributed by atoms with van der Waals surface area (Å²) in [4.78, 5) is 6.92. The molecule has 2 N–H and O–H groups in total. The van der Waals surface area contributed by atoms with Crippen LogP contribution in [-0.2, 0) is 6.42 Å². The molecule has 3 nitrogen and oxygen atoms in total. The number of likely N-dealkylation sites (tertiary alicyclic amines) is 1. The molecule has 0 radical (unpaired) electrons. The normalized spacial score (nSPS) is 18.4. The number of pyridine rings is 1. The van der Waals surface area contributed by atoms with Crippen LogP contribution in [0.4, 0.5) is 0 Å². The summed E-state index contributed by atoms with van der Waals surface area (Å²) in [5, 5.41) is 0. The zero-order chi connectivity index (χ0) is 11.9. The number of aromatic nitrogens is 1. The molecule has 0 unspecified atom stereocenters. The van der Waals surface area contributed by atoms with Gasteiger partial charge in [-0.1, -0.05) is 6.07 Å². The molecule has 2 heterocycles. The van der Waals surface area contributed by atoms with E-state index in [1.54, 1.807) is 0 Å². The second-order valence-corrected chi connectivity index (χ2v) is 4.93. The Balaban J connectivity index is 1.68. The molecular formula is C14H23N3. The molecular weight excluding hydrogens is 210 g/mol. The molecule has 0 atom stereocenters. The largest absolute Gasteiger partial charge is 0.330 e. The van der Waals surface area contributed by atoms with Gasteiger partial charge in [0.15, 0.2) is 0 Å². The highest BCUT2D eigenvalue weighted by Crippen LogP contribution is 2.19. The Morgan fingerprint density at radius 2 is 2.12 bits per heavy atom. The summed E-state index contributed by atoms with van der Waals surface area (Å²) in [5.41, 5.74) is 6.81. The fraction of sp³-hybridized carbons (Fsp3) is 0.643. The average Bonchev–Trinajstić information content (AvgIpc) is 2.40. The molecule has 0 bridgehead atoms. The molecule has 1 saturated heterocycles. The van der Waals surface area contributed by atoms with Crippen molar-refractivity contribution in [1.29, 1.82) is 0 Å². The fourth-order valence-corrected chi connectivity index (χ4v) is 2.55. The van der Waals surface area contributed by atoms with Crippen LogP contribution in [0.2, 0.25) is 0 Å². The average molecular weight is 233 g/mol. The maximum atomic E-state index is 5.61. The first kappa shape index (κ1) is 12.5. The first-order valence-electron chi connectivity index (χ1n) is 6.71. The second-order valence-electron chi connectivity index (χ2n) is 4.93. The molecule has 0 saturated carbocycles. The van der Waals surface area contributed by atoms with Crippen molar-refractivity contribution in [1.82, 2.24) is 9.88 Å². The van der Waals surface area contributed by atoms with Crippen molar-refractivity contribution in [3.63, 3.8) is 0 Å². The lowest BCUT2D eigenvalue weighted by Gasteiger charge is -2.31. The van der Waals surface area contributed by atoms with E-state index < -0.39 is 0 Å². The van der Waals surface area contributed by atoms with Crippen molar-refractivity contribution >= 4 is 0 Å². The Morgan fingerprint density at radius 1 is 1.29 bits per heavy atom. The Morgan fingerprint density at radius 3 is 2.76 bits per heavy atom. The highest BCUT2D eigenvalue weighted by molar-refractivity contribution is 5.03. The van der Waals surface area contributed by atoms with Gasteiger partial charge in [0, 0.05) is 24.9 Å². The van der Waals surface area contributed by atoms with Gasteiger partial charge in [-0.05, 0) is 56.9 Å². The van der Waals surface area contributed by atoms with Crippen LogP contribution < -0.4 is 5.73 Å². The molecule has 1 aliphatic heterocycles. The molecule has 1 aromatic rings. The van der Waals surface area contributed by atoms with Gasteiger partial charge in [-0.15, -0.1) is 0 Å². The van der Waals surface area contributed by atoms with Crippen LogP contribution in [0.1, 0.15) is 25.0 Å². The number of nitrogens with two attached hydrogens (primary N) is 1. The van der Waals surface area contributed by atoms with Gasteiger partial charge in [-0.2, -0.15) is 0 Å². The van der Waals surface area contributed by atoms with Crippen LogP contribution in [0.15, 0.2) is 24.4 Å². The van der Waals surface area contributed by atoms with E-state index in [0.29, 0.717) is 0 Å². The summed E-state index contributed by atoms with van der Waals surface area (Å²) >= 11 is 0. The zero-order valence-electron chi connectivity index (χ0n) is 10.5. The van der Waals surface area contributed by atoms with Gasteiger partial charge >= 0.3 is 0 Å². The first-order valence-corrected chi connectivity index (χ1v) is 6.71. The van der Waals surface area contributed by atoms with Gasteiger partial charge in [0.2, 0.25) is 0 Å². The first-order chi connectivity index (χ1) is 8.38. The van der Waals surface area contributed by atoms with E-state index in [4.69, 9.17) is 5.73 Å². The van der Waals surface area contributed by atoms with Crippen LogP contribution in [-0.4, -0.2) is 36.1 Å². The van der Waals surface area contributed by atoms with E-state index in [9.17, 15) is 0 Å². The number of hydrogen-bond donors (Lipinski definition) is 1. The van der Waals surface area contributed by atoms with Gasteiger partial charge in [0.25, 0.3) is 0 Å². The Kier molecular flexibility index (Phi) is 4.95.